The average molecular weight is 157 g/mol. The van der Waals surface area contributed by atoms with Crippen LogP contribution in [0.2, 0.25) is 0 Å². The molecule has 0 heterocycles. The first-order valence-corrected chi connectivity index (χ1v) is 4.42. The Labute approximate surface area is 68.0 Å². The fourth-order valence-electron chi connectivity index (χ4n) is 1.83. The van der Waals surface area contributed by atoms with E-state index in [0.29, 0.717) is 0 Å². The fraction of sp³-hybridized carbons (Fsp3) is 0.875. The predicted octanol–water partition coefficient (Wildman–Crippen LogP) is 2.24. The van der Waals surface area contributed by atoms with Crippen molar-refractivity contribution in [2.45, 2.75) is 39.0 Å². The molecular weight excluding hydrogens is 142 g/mol. The van der Waals surface area contributed by atoms with E-state index < -0.39 is 0 Å². The van der Waals surface area contributed by atoms with E-state index in [0.717, 1.165) is 11.4 Å². The van der Waals surface area contributed by atoms with Crippen LogP contribution < -0.4 is 5.73 Å². The van der Waals surface area contributed by atoms with Gasteiger partial charge in [-0.1, -0.05) is 32.0 Å². The predicted molar refractivity (Wildman–Crippen MR) is 48.0 cm³/mol. The minimum Gasteiger partial charge on any atom is -0.393 e. The third-order valence-corrected chi connectivity index (χ3v) is 3.19. The lowest BCUT2D eigenvalue weighted by molar-refractivity contribution is 0.421. The van der Waals surface area contributed by atoms with Gasteiger partial charge in [-0.05, 0) is 19.3 Å². The Kier molecular flexibility index (Phi) is 2.29. The fourth-order valence-corrected chi connectivity index (χ4v) is 2.17. The van der Waals surface area contributed by atoms with Gasteiger partial charge in [0, 0.05) is 5.41 Å². The van der Waals surface area contributed by atoms with Gasteiger partial charge < -0.3 is 5.73 Å². The minimum absolute atomic E-state index is 0.245. The van der Waals surface area contributed by atoms with Crippen molar-refractivity contribution < 1.29 is 0 Å². The Morgan fingerprint density at radius 3 is 2.20 bits per heavy atom. The summed E-state index contributed by atoms with van der Waals surface area (Å²) in [5.41, 5.74) is 5.92. The number of nitrogens with two attached hydrogens (primary N) is 1. The first kappa shape index (κ1) is 7.99. The highest BCUT2D eigenvalue weighted by molar-refractivity contribution is 7.80. The zero-order valence-corrected chi connectivity index (χ0v) is 7.34. The van der Waals surface area contributed by atoms with E-state index in [9.17, 15) is 0 Å². The van der Waals surface area contributed by atoms with Crippen LogP contribution in [0.5, 0.6) is 0 Å². The third kappa shape index (κ3) is 1.17. The van der Waals surface area contributed by atoms with Crippen LogP contribution in [-0.4, -0.2) is 4.99 Å². The first-order chi connectivity index (χ1) is 4.71. The molecule has 0 aromatic rings. The molecule has 1 nitrogen and oxygen atoms in total. The summed E-state index contributed by atoms with van der Waals surface area (Å²) in [7, 11) is 0. The molecule has 0 aromatic heterocycles. The van der Waals surface area contributed by atoms with E-state index in [2.05, 4.69) is 6.92 Å². The van der Waals surface area contributed by atoms with E-state index in [-0.39, 0.29) is 5.41 Å². The summed E-state index contributed by atoms with van der Waals surface area (Å²) < 4.78 is 0. The quantitative estimate of drug-likeness (QED) is 0.622. The second-order valence-corrected chi connectivity index (χ2v) is 3.65. The van der Waals surface area contributed by atoms with Crippen LogP contribution in [0.15, 0.2) is 0 Å². The summed E-state index contributed by atoms with van der Waals surface area (Å²) in [6.07, 6.45) is 6.19. The van der Waals surface area contributed by atoms with E-state index in [1.54, 1.807) is 0 Å². The highest BCUT2D eigenvalue weighted by Gasteiger charge is 2.34. The van der Waals surface area contributed by atoms with Gasteiger partial charge >= 0.3 is 0 Å². The maximum absolute atomic E-state index is 5.67. The van der Waals surface area contributed by atoms with Crippen LogP contribution in [0, 0.1) is 5.41 Å². The molecule has 58 valence electrons. The molecule has 0 radical (unpaired) electrons. The van der Waals surface area contributed by atoms with Crippen LogP contribution in [0.25, 0.3) is 0 Å². The van der Waals surface area contributed by atoms with Crippen molar-refractivity contribution in [2.24, 2.45) is 11.1 Å². The zero-order chi connectivity index (χ0) is 7.61. The van der Waals surface area contributed by atoms with Crippen LogP contribution in [0.4, 0.5) is 0 Å². The smallest absolute Gasteiger partial charge is 0.0789 e. The molecule has 0 saturated heterocycles. The molecule has 2 N–H and O–H groups in total. The summed E-state index contributed by atoms with van der Waals surface area (Å²) in [6, 6.07) is 0. The van der Waals surface area contributed by atoms with Gasteiger partial charge in [0.2, 0.25) is 0 Å². The topological polar surface area (TPSA) is 26.0 Å². The van der Waals surface area contributed by atoms with Gasteiger partial charge in [0.25, 0.3) is 0 Å². The second-order valence-electron chi connectivity index (χ2n) is 3.21. The number of hydrogen-bond acceptors (Lipinski definition) is 1. The van der Waals surface area contributed by atoms with E-state index >= 15 is 0 Å². The summed E-state index contributed by atoms with van der Waals surface area (Å²) in [6.45, 7) is 2.18. The van der Waals surface area contributed by atoms with Crippen molar-refractivity contribution in [1.82, 2.24) is 0 Å². The molecule has 0 unspecified atom stereocenters. The van der Waals surface area contributed by atoms with Crippen LogP contribution in [-0.2, 0) is 0 Å². The molecule has 0 aromatic carbocycles. The van der Waals surface area contributed by atoms with Crippen molar-refractivity contribution in [3.63, 3.8) is 0 Å². The number of hydrogen-bond donors (Lipinski definition) is 1. The maximum atomic E-state index is 5.67. The molecule has 0 bridgehead atoms. The number of rotatable bonds is 2. The number of thiocarbonyl (C=S) groups is 1. The molecule has 1 aliphatic rings. The summed E-state index contributed by atoms with van der Waals surface area (Å²) in [4.78, 5) is 0.743. The standard InChI is InChI=1S/C8H15NS/c1-2-8(7(9)10)5-3-4-6-8/h2-6H2,1H3,(H2,9,10). The Hall–Kier alpha value is -0.110. The molecule has 2 heteroatoms. The molecule has 1 rings (SSSR count). The summed E-state index contributed by atoms with van der Waals surface area (Å²) in [5.74, 6) is 0. The van der Waals surface area contributed by atoms with E-state index in [1.165, 1.54) is 25.7 Å². The summed E-state index contributed by atoms with van der Waals surface area (Å²) >= 11 is 5.04. The first-order valence-electron chi connectivity index (χ1n) is 4.01. The second kappa shape index (κ2) is 2.87. The molecule has 0 spiro atoms. The Bertz CT molecular complexity index is 136. The van der Waals surface area contributed by atoms with Crippen LogP contribution in [0.1, 0.15) is 39.0 Å². The van der Waals surface area contributed by atoms with Gasteiger partial charge in [-0.25, -0.2) is 0 Å². The summed E-state index contributed by atoms with van der Waals surface area (Å²) in [5, 5.41) is 0. The molecule has 1 aliphatic carbocycles. The highest BCUT2D eigenvalue weighted by atomic mass is 32.1. The molecule has 0 atom stereocenters. The molecule has 0 aliphatic heterocycles. The average Bonchev–Trinajstić information content (AvgIpc) is 2.35. The SMILES string of the molecule is CCC1(C(N)=S)CCCC1. The lowest BCUT2D eigenvalue weighted by atomic mass is 9.83. The zero-order valence-electron chi connectivity index (χ0n) is 6.52. The highest BCUT2D eigenvalue weighted by Crippen LogP contribution is 2.40. The van der Waals surface area contributed by atoms with Gasteiger partial charge in [-0.15, -0.1) is 0 Å². The van der Waals surface area contributed by atoms with Gasteiger partial charge in [0.1, 0.15) is 0 Å². The molecule has 1 fully saturated rings. The maximum Gasteiger partial charge on any atom is 0.0789 e. The van der Waals surface area contributed by atoms with E-state index in [1.807, 2.05) is 0 Å². The van der Waals surface area contributed by atoms with Crippen molar-refractivity contribution >= 4 is 17.2 Å². The molecular formula is C8H15NS. The van der Waals surface area contributed by atoms with Crippen molar-refractivity contribution in [3.05, 3.63) is 0 Å². The van der Waals surface area contributed by atoms with Crippen LogP contribution in [0.3, 0.4) is 0 Å². The van der Waals surface area contributed by atoms with Crippen LogP contribution >= 0.6 is 12.2 Å². The Balaban J connectivity index is 2.67. The van der Waals surface area contributed by atoms with Gasteiger partial charge in [-0.2, -0.15) is 0 Å². The monoisotopic (exact) mass is 157 g/mol. The van der Waals surface area contributed by atoms with Gasteiger partial charge in [-0.3, -0.25) is 0 Å². The Morgan fingerprint density at radius 2 is 2.00 bits per heavy atom. The van der Waals surface area contributed by atoms with Crippen molar-refractivity contribution in [1.29, 1.82) is 0 Å². The van der Waals surface area contributed by atoms with Crippen molar-refractivity contribution in [3.8, 4) is 0 Å². The third-order valence-electron chi connectivity index (χ3n) is 2.76. The van der Waals surface area contributed by atoms with Gasteiger partial charge in [0.15, 0.2) is 0 Å². The van der Waals surface area contributed by atoms with Crippen molar-refractivity contribution in [2.75, 3.05) is 0 Å². The van der Waals surface area contributed by atoms with E-state index in [4.69, 9.17) is 18.0 Å². The molecule has 0 amide bonds. The minimum atomic E-state index is 0.245. The lowest BCUT2D eigenvalue weighted by Gasteiger charge is -2.25. The largest absolute Gasteiger partial charge is 0.393 e. The lowest BCUT2D eigenvalue weighted by Crippen LogP contribution is -2.32. The molecule has 1 saturated carbocycles. The Morgan fingerprint density at radius 1 is 1.50 bits per heavy atom. The normalized spacial score (nSPS) is 22.9. The van der Waals surface area contributed by atoms with Gasteiger partial charge in [0.05, 0.1) is 4.99 Å². The molecule has 10 heavy (non-hydrogen) atoms.